The fraction of sp³-hybridized carbons (Fsp3) is 0.429. The SMILES string of the molecule is CCN(C)c1ncc(C(N)=O)s1. The van der Waals surface area contributed by atoms with E-state index in [2.05, 4.69) is 4.98 Å². The van der Waals surface area contributed by atoms with Crippen molar-refractivity contribution in [3.05, 3.63) is 11.1 Å². The number of anilines is 1. The average Bonchev–Trinajstić information content (AvgIpc) is 2.51. The van der Waals surface area contributed by atoms with E-state index in [1.54, 1.807) is 0 Å². The number of amides is 1. The van der Waals surface area contributed by atoms with Crippen molar-refractivity contribution in [3.63, 3.8) is 0 Å². The maximum absolute atomic E-state index is 10.7. The third-order valence-corrected chi connectivity index (χ3v) is 2.66. The first-order valence-corrected chi connectivity index (χ1v) is 4.43. The molecule has 0 aromatic carbocycles. The predicted molar refractivity (Wildman–Crippen MR) is 49.6 cm³/mol. The van der Waals surface area contributed by atoms with Gasteiger partial charge in [0.2, 0.25) is 0 Å². The van der Waals surface area contributed by atoms with E-state index in [9.17, 15) is 4.79 Å². The average molecular weight is 185 g/mol. The molecule has 1 heterocycles. The number of carbonyl (C=O) groups excluding carboxylic acids is 1. The monoisotopic (exact) mass is 185 g/mol. The van der Waals surface area contributed by atoms with E-state index in [4.69, 9.17) is 5.73 Å². The van der Waals surface area contributed by atoms with Crippen LogP contribution < -0.4 is 10.6 Å². The van der Waals surface area contributed by atoms with Crippen molar-refractivity contribution in [3.8, 4) is 0 Å². The molecule has 0 saturated heterocycles. The lowest BCUT2D eigenvalue weighted by Crippen LogP contribution is -2.15. The molecule has 0 atom stereocenters. The normalized spacial score (nSPS) is 9.83. The van der Waals surface area contributed by atoms with Gasteiger partial charge in [0, 0.05) is 13.6 Å². The van der Waals surface area contributed by atoms with Gasteiger partial charge in [-0.2, -0.15) is 0 Å². The van der Waals surface area contributed by atoms with Crippen LogP contribution in [0.5, 0.6) is 0 Å². The second kappa shape index (κ2) is 3.53. The van der Waals surface area contributed by atoms with Gasteiger partial charge in [0.05, 0.1) is 6.20 Å². The highest BCUT2D eigenvalue weighted by Gasteiger charge is 2.08. The number of thiazole rings is 1. The quantitative estimate of drug-likeness (QED) is 0.754. The molecule has 0 radical (unpaired) electrons. The lowest BCUT2D eigenvalue weighted by atomic mass is 10.5. The number of carbonyl (C=O) groups is 1. The van der Waals surface area contributed by atoms with Crippen molar-refractivity contribution >= 4 is 22.4 Å². The molecule has 1 aromatic heterocycles. The Bertz CT molecular complexity index is 284. The van der Waals surface area contributed by atoms with E-state index in [0.29, 0.717) is 4.88 Å². The van der Waals surface area contributed by atoms with Crippen molar-refractivity contribution in [1.82, 2.24) is 4.98 Å². The summed E-state index contributed by atoms with van der Waals surface area (Å²) >= 11 is 1.31. The van der Waals surface area contributed by atoms with Crippen LogP contribution in [0.15, 0.2) is 6.20 Å². The first-order chi connectivity index (χ1) is 5.65. The third kappa shape index (κ3) is 1.73. The Morgan fingerprint density at radius 1 is 1.83 bits per heavy atom. The van der Waals surface area contributed by atoms with Crippen LogP contribution in [0.3, 0.4) is 0 Å². The van der Waals surface area contributed by atoms with Crippen molar-refractivity contribution in [1.29, 1.82) is 0 Å². The maximum Gasteiger partial charge on any atom is 0.260 e. The third-order valence-electron chi connectivity index (χ3n) is 1.54. The molecule has 0 saturated carbocycles. The summed E-state index contributed by atoms with van der Waals surface area (Å²) in [6.45, 7) is 2.89. The van der Waals surface area contributed by atoms with Crippen molar-refractivity contribution in [2.24, 2.45) is 5.73 Å². The highest BCUT2D eigenvalue weighted by atomic mass is 32.1. The van der Waals surface area contributed by atoms with Crippen LogP contribution in [-0.4, -0.2) is 24.5 Å². The maximum atomic E-state index is 10.7. The fourth-order valence-corrected chi connectivity index (χ4v) is 1.48. The molecule has 66 valence electrons. The van der Waals surface area contributed by atoms with E-state index >= 15 is 0 Å². The van der Waals surface area contributed by atoms with Gasteiger partial charge in [-0.25, -0.2) is 4.98 Å². The zero-order valence-electron chi connectivity index (χ0n) is 7.07. The van der Waals surface area contributed by atoms with Gasteiger partial charge in [0.15, 0.2) is 5.13 Å². The van der Waals surface area contributed by atoms with Gasteiger partial charge in [-0.15, -0.1) is 0 Å². The summed E-state index contributed by atoms with van der Waals surface area (Å²) in [5.74, 6) is -0.414. The fourth-order valence-electron chi connectivity index (χ4n) is 0.691. The van der Waals surface area contributed by atoms with Gasteiger partial charge in [-0.3, -0.25) is 4.79 Å². The Kier molecular flexibility index (Phi) is 2.65. The van der Waals surface area contributed by atoms with Crippen LogP contribution in [-0.2, 0) is 0 Å². The molecule has 1 amide bonds. The van der Waals surface area contributed by atoms with Crippen LogP contribution in [0.25, 0.3) is 0 Å². The first-order valence-electron chi connectivity index (χ1n) is 3.62. The minimum absolute atomic E-state index is 0.414. The van der Waals surface area contributed by atoms with Gasteiger partial charge >= 0.3 is 0 Å². The summed E-state index contributed by atoms with van der Waals surface area (Å²) in [5, 5.41) is 0.825. The minimum atomic E-state index is -0.414. The summed E-state index contributed by atoms with van der Waals surface area (Å²) in [7, 11) is 1.92. The molecule has 0 aliphatic rings. The highest BCUT2D eigenvalue weighted by molar-refractivity contribution is 7.17. The number of hydrogen-bond acceptors (Lipinski definition) is 4. The van der Waals surface area contributed by atoms with Crippen LogP contribution in [0, 0.1) is 0 Å². The van der Waals surface area contributed by atoms with E-state index in [0.717, 1.165) is 11.7 Å². The summed E-state index contributed by atoms with van der Waals surface area (Å²) in [4.78, 5) is 17.2. The molecule has 0 bridgehead atoms. The lowest BCUT2D eigenvalue weighted by molar-refractivity contribution is 0.100. The molecular formula is C7H11N3OS. The van der Waals surface area contributed by atoms with Gasteiger partial charge in [-0.1, -0.05) is 11.3 Å². The highest BCUT2D eigenvalue weighted by Crippen LogP contribution is 2.20. The second-order valence-electron chi connectivity index (χ2n) is 2.39. The first kappa shape index (κ1) is 8.99. The molecule has 0 unspecified atom stereocenters. The zero-order valence-corrected chi connectivity index (χ0v) is 7.89. The zero-order chi connectivity index (χ0) is 9.14. The van der Waals surface area contributed by atoms with E-state index in [1.165, 1.54) is 17.5 Å². The van der Waals surface area contributed by atoms with Gasteiger partial charge in [0.1, 0.15) is 4.88 Å². The molecule has 1 rings (SSSR count). The van der Waals surface area contributed by atoms with Crippen LogP contribution >= 0.6 is 11.3 Å². The Morgan fingerprint density at radius 2 is 2.50 bits per heavy atom. The van der Waals surface area contributed by atoms with Crippen LogP contribution in [0.4, 0.5) is 5.13 Å². The number of primary amides is 1. The van der Waals surface area contributed by atoms with Crippen molar-refractivity contribution in [2.75, 3.05) is 18.5 Å². The summed E-state index contributed by atoms with van der Waals surface area (Å²) in [6, 6.07) is 0. The Labute approximate surface area is 75.0 Å². The minimum Gasteiger partial charge on any atom is -0.365 e. The second-order valence-corrected chi connectivity index (χ2v) is 3.39. The number of nitrogens with zero attached hydrogens (tertiary/aromatic N) is 2. The standard InChI is InChI=1S/C7H11N3OS/c1-3-10(2)7-9-4-5(12-7)6(8)11/h4H,3H2,1-2H3,(H2,8,11). The Hall–Kier alpha value is -1.10. The van der Waals surface area contributed by atoms with Crippen molar-refractivity contribution in [2.45, 2.75) is 6.92 Å². The molecular weight excluding hydrogens is 174 g/mol. The van der Waals surface area contributed by atoms with E-state index in [1.807, 2.05) is 18.9 Å². The summed E-state index contributed by atoms with van der Waals surface area (Å²) in [5.41, 5.74) is 5.08. The molecule has 0 spiro atoms. The molecule has 0 fully saturated rings. The number of hydrogen-bond donors (Lipinski definition) is 1. The Balaban J connectivity index is 2.84. The number of aromatic nitrogens is 1. The molecule has 1 aromatic rings. The van der Waals surface area contributed by atoms with Gasteiger partial charge in [0.25, 0.3) is 5.91 Å². The topological polar surface area (TPSA) is 59.2 Å². The molecule has 4 nitrogen and oxygen atoms in total. The molecule has 0 aliphatic carbocycles. The smallest absolute Gasteiger partial charge is 0.260 e. The lowest BCUT2D eigenvalue weighted by Gasteiger charge is -2.10. The molecule has 2 N–H and O–H groups in total. The van der Waals surface area contributed by atoms with Crippen molar-refractivity contribution < 1.29 is 4.79 Å². The Morgan fingerprint density at radius 3 is 2.92 bits per heavy atom. The summed E-state index contributed by atoms with van der Waals surface area (Å²) < 4.78 is 0. The van der Waals surface area contributed by atoms with E-state index in [-0.39, 0.29) is 0 Å². The van der Waals surface area contributed by atoms with Gasteiger partial charge in [-0.05, 0) is 6.92 Å². The largest absolute Gasteiger partial charge is 0.365 e. The summed E-state index contributed by atoms with van der Waals surface area (Å²) in [6.07, 6.45) is 1.51. The van der Waals surface area contributed by atoms with Crippen LogP contribution in [0.2, 0.25) is 0 Å². The van der Waals surface area contributed by atoms with Gasteiger partial charge < -0.3 is 10.6 Å². The number of rotatable bonds is 3. The molecule has 5 heteroatoms. The number of nitrogens with two attached hydrogens (primary N) is 1. The molecule has 0 aliphatic heterocycles. The predicted octanol–water partition coefficient (Wildman–Crippen LogP) is 0.698. The van der Waals surface area contributed by atoms with Crippen LogP contribution in [0.1, 0.15) is 16.6 Å². The molecule has 12 heavy (non-hydrogen) atoms. The van der Waals surface area contributed by atoms with E-state index < -0.39 is 5.91 Å².